The molecule has 1 N–H and O–H groups in total. The third kappa shape index (κ3) is 5.10. The maximum absolute atomic E-state index is 13.2. The highest BCUT2D eigenvalue weighted by Crippen LogP contribution is 2.32. The molecule has 2 aliphatic rings. The summed E-state index contributed by atoms with van der Waals surface area (Å²) in [5, 5.41) is 2.97. The minimum absolute atomic E-state index is 0.00284. The van der Waals surface area contributed by atoms with Crippen LogP contribution in [0.15, 0.2) is 23.1 Å². The van der Waals surface area contributed by atoms with Crippen molar-refractivity contribution < 1.29 is 22.7 Å². The lowest BCUT2D eigenvalue weighted by Gasteiger charge is -2.31. The van der Waals surface area contributed by atoms with E-state index in [4.69, 9.17) is 9.47 Å². The van der Waals surface area contributed by atoms with Gasteiger partial charge in [0.25, 0.3) is 0 Å². The molecular formula is C21H32N2O5S. The summed E-state index contributed by atoms with van der Waals surface area (Å²) in [5.74, 6) is 0.405. The van der Waals surface area contributed by atoms with Gasteiger partial charge in [0.2, 0.25) is 15.9 Å². The molecule has 0 unspecified atom stereocenters. The summed E-state index contributed by atoms with van der Waals surface area (Å²) in [4.78, 5) is 12.6. The van der Waals surface area contributed by atoms with Gasteiger partial charge in [-0.05, 0) is 49.3 Å². The van der Waals surface area contributed by atoms with Gasteiger partial charge in [-0.2, -0.15) is 4.31 Å². The Balaban J connectivity index is 1.63. The van der Waals surface area contributed by atoms with E-state index >= 15 is 0 Å². The normalized spacial score (nSPS) is 21.4. The summed E-state index contributed by atoms with van der Waals surface area (Å²) >= 11 is 0. The number of carbonyl (C=O) groups is 1. The lowest BCUT2D eigenvalue weighted by atomic mass is 9.97. The van der Waals surface area contributed by atoms with Crippen LogP contribution in [0, 0.1) is 5.92 Å². The van der Waals surface area contributed by atoms with Crippen LogP contribution in [0.25, 0.3) is 0 Å². The lowest BCUT2D eigenvalue weighted by Crippen LogP contribution is -2.44. The highest BCUT2D eigenvalue weighted by molar-refractivity contribution is 7.89. The van der Waals surface area contributed by atoms with Crippen LogP contribution in [0.5, 0.6) is 5.75 Å². The van der Waals surface area contributed by atoms with Crippen molar-refractivity contribution in [2.75, 3.05) is 33.4 Å². The molecule has 2 aliphatic heterocycles. The second kappa shape index (κ2) is 9.45. The average molecular weight is 425 g/mol. The molecule has 0 bridgehead atoms. The molecule has 2 fully saturated rings. The standard InChI is InChI=1S/C21H32N2O5S/c1-15(2)17-6-7-19(27-3)20(13-17)29(25,26)23-10-8-16(9-11-23)21(24)22-14-18-5-4-12-28-18/h6-7,13,15-16,18H,4-5,8-12,14H2,1-3H3,(H,22,24)/t18-/m0/s1. The summed E-state index contributed by atoms with van der Waals surface area (Å²) in [6, 6.07) is 5.32. The highest BCUT2D eigenvalue weighted by atomic mass is 32.2. The first-order valence-corrected chi connectivity index (χ1v) is 11.8. The van der Waals surface area contributed by atoms with Crippen molar-refractivity contribution in [3.63, 3.8) is 0 Å². The molecule has 0 radical (unpaired) electrons. The molecule has 3 rings (SSSR count). The van der Waals surface area contributed by atoms with E-state index in [1.165, 1.54) is 11.4 Å². The summed E-state index contributed by atoms with van der Waals surface area (Å²) < 4.78 is 38.8. The first-order chi connectivity index (χ1) is 13.8. The summed E-state index contributed by atoms with van der Waals surface area (Å²) in [6.07, 6.45) is 3.16. The monoisotopic (exact) mass is 424 g/mol. The number of ether oxygens (including phenoxy) is 2. The Hall–Kier alpha value is -1.64. The van der Waals surface area contributed by atoms with Crippen LogP contribution in [0.3, 0.4) is 0 Å². The molecule has 29 heavy (non-hydrogen) atoms. The topological polar surface area (TPSA) is 84.9 Å². The molecule has 7 nitrogen and oxygen atoms in total. The first-order valence-electron chi connectivity index (χ1n) is 10.4. The molecule has 1 amide bonds. The Bertz CT molecular complexity index is 810. The van der Waals surface area contributed by atoms with Crippen molar-refractivity contribution in [1.82, 2.24) is 9.62 Å². The average Bonchev–Trinajstić information content (AvgIpc) is 3.25. The van der Waals surface area contributed by atoms with Crippen molar-refractivity contribution in [1.29, 1.82) is 0 Å². The van der Waals surface area contributed by atoms with E-state index in [-0.39, 0.29) is 28.7 Å². The van der Waals surface area contributed by atoms with Crippen LogP contribution in [0.1, 0.15) is 51.0 Å². The predicted molar refractivity (Wildman–Crippen MR) is 111 cm³/mol. The van der Waals surface area contributed by atoms with E-state index < -0.39 is 10.0 Å². The maximum atomic E-state index is 13.2. The van der Waals surface area contributed by atoms with E-state index in [0.29, 0.717) is 38.2 Å². The van der Waals surface area contributed by atoms with Crippen LogP contribution in [-0.2, 0) is 19.6 Å². The van der Waals surface area contributed by atoms with Crippen LogP contribution in [0.2, 0.25) is 0 Å². The second-order valence-electron chi connectivity index (χ2n) is 8.12. The number of nitrogens with one attached hydrogen (secondary N) is 1. The maximum Gasteiger partial charge on any atom is 0.246 e. The summed E-state index contributed by atoms with van der Waals surface area (Å²) in [5.41, 5.74) is 0.952. The zero-order valence-corrected chi connectivity index (χ0v) is 18.3. The number of methoxy groups -OCH3 is 1. The molecule has 162 valence electrons. The number of amides is 1. The Labute approximate surface area is 173 Å². The molecule has 2 heterocycles. The van der Waals surface area contributed by atoms with Crippen molar-refractivity contribution in [2.45, 2.75) is 56.4 Å². The van der Waals surface area contributed by atoms with Gasteiger partial charge in [0, 0.05) is 32.2 Å². The Morgan fingerprint density at radius 1 is 1.28 bits per heavy atom. The summed E-state index contributed by atoms with van der Waals surface area (Å²) in [6.45, 7) is 6.01. The second-order valence-corrected chi connectivity index (χ2v) is 10.0. The molecule has 8 heteroatoms. The number of piperidine rings is 1. The zero-order chi connectivity index (χ0) is 21.0. The van der Waals surface area contributed by atoms with Gasteiger partial charge < -0.3 is 14.8 Å². The van der Waals surface area contributed by atoms with Gasteiger partial charge in [-0.25, -0.2) is 8.42 Å². The van der Waals surface area contributed by atoms with Gasteiger partial charge >= 0.3 is 0 Å². The minimum atomic E-state index is -3.68. The molecule has 2 saturated heterocycles. The SMILES string of the molecule is COc1ccc(C(C)C)cc1S(=O)(=O)N1CCC(C(=O)NC[C@@H]2CCCO2)CC1. The quantitative estimate of drug-likeness (QED) is 0.727. The first kappa shape index (κ1) is 22.1. The smallest absolute Gasteiger partial charge is 0.246 e. The minimum Gasteiger partial charge on any atom is -0.495 e. The van der Waals surface area contributed by atoms with Crippen molar-refractivity contribution in [3.8, 4) is 5.75 Å². The van der Waals surface area contributed by atoms with E-state index in [9.17, 15) is 13.2 Å². The molecule has 1 aromatic rings. The van der Waals surface area contributed by atoms with Crippen LogP contribution < -0.4 is 10.1 Å². The van der Waals surface area contributed by atoms with Crippen LogP contribution >= 0.6 is 0 Å². The highest BCUT2D eigenvalue weighted by Gasteiger charge is 2.34. The van der Waals surface area contributed by atoms with Gasteiger partial charge in [0.15, 0.2) is 0 Å². The molecule has 0 aliphatic carbocycles. The zero-order valence-electron chi connectivity index (χ0n) is 17.5. The molecule has 0 saturated carbocycles. The molecule has 0 spiro atoms. The van der Waals surface area contributed by atoms with Crippen LogP contribution in [0.4, 0.5) is 0 Å². The number of carbonyl (C=O) groups excluding carboxylic acids is 1. The molecule has 0 aromatic heterocycles. The van der Waals surface area contributed by atoms with Gasteiger partial charge in [0.1, 0.15) is 10.6 Å². The Kier molecular flexibility index (Phi) is 7.19. The fraction of sp³-hybridized carbons (Fsp3) is 0.667. The lowest BCUT2D eigenvalue weighted by molar-refractivity contribution is -0.126. The molecular weight excluding hydrogens is 392 g/mol. The Morgan fingerprint density at radius 3 is 2.59 bits per heavy atom. The number of rotatable bonds is 7. The molecule has 1 atom stereocenters. The number of sulfonamides is 1. The third-order valence-corrected chi connectivity index (χ3v) is 7.74. The van der Waals surface area contributed by atoms with Gasteiger partial charge in [-0.1, -0.05) is 19.9 Å². The predicted octanol–water partition coefficient (Wildman–Crippen LogP) is 2.51. The number of hydrogen-bond donors (Lipinski definition) is 1. The Morgan fingerprint density at radius 2 is 2.00 bits per heavy atom. The van der Waals surface area contributed by atoms with Gasteiger partial charge in [0.05, 0.1) is 13.2 Å². The number of nitrogens with zero attached hydrogens (tertiary/aromatic N) is 1. The van der Waals surface area contributed by atoms with E-state index in [1.54, 1.807) is 12.1 Å². The van der Waals surface area contributed by atoms with Crippen LogP contribution in [-0.4, -0.2) is 58.1 Å². The fourth-order valence-electron chi connectivity index (χ4n) is 3.92. The van der Waals surface area contributed by atoms with E-state index in [2.05, 4.69) is 5.32 Å². The van der Waals surface area contributed by atoms with Gasteiger partial charge in [-0.15, -0.1) is 0 Å². The fourth-order valence-corrected chi connectivity index (χ4v) is 5.58. The van der Waals surface area contributed by atoms with Crippen molar-refractivity contribution in [3.05, 3.63) is 23.8 Å². The largest absolute Gasteiger partial charge is 0.495 e. The third-order valence-electron chi connectivity index (χ3n) is 5.82. The summed E-state index contributed by atoms with van der Waals surface area (Å²) in [7, 11) is -2.20. The molecule has 1 aromatic carbocycles. The van der Waals surface area contributed by atoms with Crippen molar-refractivity contribution in [2.24, 2.45) is 5.92 Å². The number of benzene rings is 1. The number of hydrogen-bond acceptors (Lipinski definition) is 5. The van der Waals surface area contributed by atoms with Gasteiger partial charge in [-0.3, -0.25) is 4.79 Å². The van der Waals surface area contributed by atoms with E-state index in [1.807, 2.05) is 19.9 Å². The van der Waals surface area contributed by atoms with Crippen molar-refractivity contribution >= 4 is 15.9 Å². The van der Waals surface area contributed by atoms with E-state index in [0.717, 1.165) is 25.0 Å².